The molecule has 0 saturated carbocycles. The second-order valence-electron chi connectivity index (χ2n) is 14.3. The summed E-state index contributed by atoms with van der Waals surface area (Å²) in [6.07, 6.45) is 4.62. The van der Waals surface area contributed by atoms with Crippen LogP contribution < -0.4 is 18.9 Å². The van der Waals surface area contributed by atoms with Crippen molar-refractivity contribution in [2.45, 2.75) is 95.7 Å². The molecule has 1 N–H and O–H groups in total. The van der Waals surface area contributed by atoms with Gasteiger partial charge in [-0.25, -0.2) is 0 Å². The fourth-order valence-electron chi connectivity index (χ4n) is 6.09. The maximum absolute atomic E-state index is 10.9. The maximum Gasteiger partial charge on any atom is 0.120 e. The lowest BCUT2D eigenvalue weighted by Crippen LogP contribution is -2.37. The standard InChI is InChI=1S/C43H52O7/c1-5-42(3,49-38-19-11-33(12-20-38)24-32-9-17-37(18-10-32)46-29-41-30-48-41)25-35(44)27-45-36-15-7-31(8-16-36)23-34-13-21-39(22-14-34)50-43(4,6-2)26-40-28-47-40/h7-22,35,40-41,44H,5-6,23-30H2,1-4H3. The molecule has 0 amide bonds. The van der Waals surface area contributed by atoms with Gasteiger partial charge in [-0.05, 0) is 110 Å². The van der Waals surface area contributed by atoms with Crippen LogP contribution in [0.2, 0.25) is 0 Å². The molecule has 5 atom stereocenters. The number of aliphatic hydroxyl groups is 1. The molecule has 4 aromatic rings. The zero-order valence-corrected chi connectivity index (χ0v) is 29.9. The lowest BCUT2D eigenvalue weighted by Gasteiger charge is -2.31. The first-order valence-electron chi connectivity index (χ1n) is 18.1. The van der Waals surface area contributed by atoms with E-state index in [1.54, 1.807) is 0 Å². The molecule has 2 aliphatic rings. The minimum Gasteiger partial charge on any atom is -0.491 e. The Hall–Kier alpha value is -4.04. The highest BCUT2D eigenvalue weighted by Gasteiger charge is 2.35. The van der Waals surface area contributed by atoms with Gasteiger partial charge in [0.2, 0.25) is 0 Å². The summed E-state index contributed by atoms with van der Waals surface area (Å²) in [5.74, 6) is 3.29. The van der Waals surface area contributed by atoms with E-state index in [1.807, 2.05) is 43.3 Å². The molecule has 4 aromatic carbocycles. The summed E-state index contributed by atoms with van der Waals surface area (Å²) >= 11 is 0. The van der Waals surface area contributed by atoms with Crippen LogP contribution in [-0.4, -0.2) is 61.0 Å². The van der Waals surface area contributed by atoms with Gasteiger partial charge in [0, 0.05) is 12.8 Å². The molecule has 6 rings (SSSR count). The minimum absolute atomic E-state index is 0.195. The van der Waals surface area contributed by atoms with Gasteiger partial charge in [-0.3, -0.25) is 0 Å². The zero-order valence-electron chi connectivity index (χ0n) is 29.9. The highest BCUT2D eigenvalue weighted by Crippen LogP contribution is 2.31. The van der Waals surface area contributed by atoms with Crippen LogP contribution in [0.1, 0.15) is 75.6 Å². The Morgan fingerprint density at radius 1 is 0.600 bits per heavy atom. The van der Waals surface area contributed by atoms with Crippen LogP contribution in [0, 0.1) is 0 Å². The number of hydrogen-bond donors (Lipinski definition) is 1. The van der Waals surface area contributed by atoms with Crippen molar-refractivity contribution in [3.63, 3.8) is 0 Å². The van der Waals surface area contributed by atoms with Crippen molar-refractivity contribution in [3.8, 4) is 23.0 Å². The van der Waals surface area contributed by atoms with Gasteiger partial charge in [0.25, 0.3) is 0 Å². The van der Waals surface area contributed by atoms with Gasteiger partial charge in [0.15, 0.2) is 0 Å². The highest BCUT2D eigenvalue weighted by molar-refractivity contribution is 5.36. The molecule has 0 bridgehead atoms. The molecule has 2 saturated heterocycles. The van der Waals surface area contributed by atoms with Crippen molar-refractivity contribution in [1.29, 1.82) is 0 Å². The molecule has 50 heavy (non-hydrogen) atoms. The summed E-state index contributed by atoms with van der Waals surface area (Å²) < 4.78 is 35.1. The van der Waals surface area contributed by atoms with Crippen LogP contribution in [0.3, 0.4) is 0 Å². The Bertz CT molecular complexity index is 1610. The van der Waals surface area contributed by atoms with Gasteiger partial charge in [0.05, 0.1) is 25.4 Å². The number of rotatable bonds is 20. The predicted molar refractivity (Wildman–Crippen MR) is 196 cm³/mol. The molecule has 5 unspecified atom stereocenters. The number of ether oxygens (including phenoxy) is 6. The first kappa shape index (κ1) is 35.8. The van der Waals surface area contributed by atoms with E-state index in [2.05, 4.69) is 81.4 Å². The lowest BCUT2D eigenvalue weighted by atomic mass is 9.95. The van der Waals surface area contributed by atoms with Gasteiger partial charge >= 0.3 is 0 Å². The number of aliphatic hydroxyl groups excluding tert-OH is 1. The summed E-state index contributed by atoms with van der Waals surface area (Å²) in [5, 5.41) is 10.9. The van der Waals surface area contributed by atoms with Crippen LogP contribution in [0.4, 0.5) is 0 Å². The molecule has 7 nitrogen and oxygen atoms in total. The second kappa shape index (κ2) is 16.3. The summed E-state index contributed by atoms with van der Waals surface area (Å²) in [6.45, 7) is 10.9. The first-order valence-corrected chi connectivity index (χ1v) is 18.1. The smallest absolute Gasteiger partial charge is 0.120 e. The molecule has 266 valence electrons. The summed E-state index contributed by atoms with van der Waals surface area (Å²) in [6, 6.07) is 32.9. The average Bonchev–Trinajstić information content (AvgIpc) is 4.07. The largest absolute Gasteiger partial charge is 0.491 e. The van der Waals surface area contributed by atoms with E-state index in [0.29, 0.717) is 19.1 Å². The number of hydrogen-bond acceptors (Lipinski definition) is 7. The first-order chi connectivity index (χ1) is 24.2. The van der Waals surface area contributed by atoms with E-state index in [1.165, 1.54) is 22.3 Å². The van der Waals surface area contributed by atoms with Crippen LogP contribution in [-0.2, 0) is 22.3 Å². The van der Waals surface area contributed by atoms with Gasteiger partial charge in [-0.15, -0.1) is 0 Å². The summed E-state index contributed by atoms with van der Waals surface area (Å²) in [5.41, 5.74) is 4.09. The minimum atomic E-state index is -0.672. The topological polar surface area (TPSA) is 82.2 Å². The third-order valence-electron chi connectivity index (χ3n) is 9.74. The van der Waals surface area contributed by atoms with Crippen LogP contribution in [0.5, 0.6) is 23.0 Å². The molecule has 2 heterocycles. The molecule has 7 heteroatoms. The fraction of sp³-hybridized carbons (Fsp3) is 0.442. The van der Waals surface area contributed by atoms with Crippen molar-refractivity contribution >= 4 is 0 Å². The van der Waals surface area contributed by atoms with Crippen molar-refractivity contribution in [3.05, 3.63) is 119 Å². The highest BCUT2D eigenvalue weighted by atomic mass is 16.6. The third kappa shape index (κ3) is 11.0. The Morgan fingerprint density at radius 3 is 1.42 bits per heavy atom. The van der Waals surface area contributed by atoms with Crippen molar-refractivity contribution < 1.29 is 33.5 Å². The molecule has 0 spiro atoms. The quantitative estimate of drug-likeness (QED) is 0.0940. The van der Waals surface area contributed by atoms with E-state index < -0.39 is 11.7 Å². The molecule has 0 aromatic heterocycles. The van der Waals surface area contributed by atoms with E-state index in [4.69, 9.17) is 28.4 Å². The monoisotopic (exact) mass is 680 g/mol. The molecular formula is C43H52O7. The Balaban J connectivity index is 0.927. The van der Waals surface area contributed by atoms with E-state index in [9.17, 15) is 5.11 Å². The van der Waals surface area contributed by atoms with Crippen LogP contribution in [0.25, 0.3) is 0 Å². The van der Waals surface area contributed by atoms with Gasteiger partial charge < -0.3 is 33.5 Å². The van der Waals surface area contributed by atoms with Gasteiger partial charge in [-0.2, -0.15) is 0 Å². The SMILES string of the molecule is CCC(C)(CC(O)COc1ccc(Cc2ccc(OC(C)(CC)CC3CO3)cc2)cc1)Oc1ccc(Cc2ccc(OCC3CO3)cc2)cc1. The van der Waals surface area contributed by atoms with E-state index in [0.717, 1.165) is 68.3 Å². The third-order valence-corrected chi connectivity index (χ3v) is 9.74. The van der Waals surface area contributed by atoms with Gasteiger partial charge in [-0.1, -0.05) is 62.4 Å². The fourth-order valence-corrected chi connectivity index (χ4v) is 6.09. The molecule has 2 aliphatic heterocycles. The molecular weight excluding hydrogens is 628 g/mol. The van der Waals surface area contributed by atoms with Crippen molar-refractivity contribution in [2.75, 3.05) is 26.4 Å². The van der Waals surface area contributed by atoms with Crippen molar-refractivity contribution in [1.82, 2.24) is 0 Å². The predicted octanol–water partition coefficient (Wildman–Crippen LogP) is 8.36. The van der Waals surface area contributed by atoms with Crippen LogP contribution in [0.15, 0.2) is 97.1 Å². The Morgan fingerprint density at radius 2 is 1.00 bits per heavy atom. The normalized spacial score (nSPS) is 19.5. The molecule has 0 radical (unpaired) electrons. The van der Waals surface area contributed by atoms with Gasteiger partial charge in [0.1, 0.15) is 53.5 Å². The Labute approximate surface area is 297 Å². The maximum atomic E-state index is 10.9. The number of epoxide rings is 2. The molecule has 0 aliphatic carbocycles. The average molecular weight is 681 g/mol. The van der Waals surface area contributed by atoms with E-state index in [-0.39, 0.29) is 18.3 Å². The molecule has 2 fully saturated rings. The second-order valence-corrected chi connectivity index (χ2v) is 14.3. The Kier molecular flexibility index (Phi) is 11.7. The van der Waals surface area contributed by atoms with Crippen LogP contribution >= 0.6 is 0 Å². The van der Waals surface area contributed by atoms with E-state index >= 15 is 0 Å². The summed E-state index contributed by atoms with van der Waals surface area (Å²) in [7, 11) is 0. The zero-order chi connectivity index (χ0) is 35.0. The van der Waals surface area contributed by atoms with Crippen molar-refractivity contribution in [2.24, 2.45) is 0 Å². The summed E-state index contributed by atoms with van der Waals surface area (Å²) in [4.78, 5) is 0. The number of benzene rings is 4. The lowest BCUT2D eigenvalue weighted by molar-refractivity contribution is 0.00434.